The van der Waals surface area contributed by atoms with Crippen LogP contribution in [0.2, 0.25) is 0 Å². The number of hydrogen-bond donors (Lipinski definition) is 2. The number of para-hydroxylation sites is 1. The molecule has 1 amide bonds. The molecule has 152 valence electrons. The van der Waals surface area contributed by atoms with Crippen LogP contribution >= 0.6 is 11.3 Å². The number of anilines is 3. The average Bonchev–Trinajstić information content (AvgIpc) is 3.06. The van der Waals surface area contributed by atoms with E-state index in [-0.39, 0.29) is 16.9 Å². The average molecular weight is 441 g/mol. The Bertz CT molecular complexity index is 1070. The quantitative estimate of drug-likeness (QED) is 0.546. The molecule has 2 N–H and O–H groups in total. The van der Waals surface area contributed by atoms with Crippen LogP contribution in [0.4, 0.5) is 29.7 Å². The fourth-order valence-corrected chi connectivity index (χ4v) is 3.85. The maximum absolute atomic E-state index is 13.1. The number of amides is 1. The van der Waals surface area contributed by atoms with Crippen LogP contribution < -0.4 is 9.62 Å². The highest BCUT2D eigenvalue weighted by molar-refractivity contribution is 7.81. The zero-order valence-electron chi connectivity index (χ0n) is 14.8. The number of hydrogen-bond acceptors (Lipinski definition) is 4. The molecule has 3 aromatic rings. The zero-order chi connectivity index (χ0) is 21.2. The zero-order valence-corrected chi connectivity index (χ0v) is 16.4. The molecule has 0 aliphatic rings. The van der Waals surface area contributed by atoms with Crippen molar-refractivity contribution in [3.05, 3.63) is 70.7 Å². The van der Waals surface area contributed by atoms with Gasteiger partial charge in [-0.1, -0.05) is 18.2 Å². The summed E-state index contributed by atoms with van der Waals surface area (Å²) in [6.45, 7) is 1.75. The first-order chi connectivity index (χ1) is 13.7. The number of aromatic nitrogens is 1. The predicted molar refractivity (Wildman–Crippen MR) is 106 cm³/mol. The summed E-state index contributed by atoms with van der Waals surface area (Å²) in [6, 6.07) is 9.79. The standard InChI is InChI=1S/C18H14F3N3O3S2/c1-11-10-28-17(22-11)23-16(25)14-7-2-3-8-15(14)24(29(26)27)13-6-4-5-12(9-13)18(19,20)21/h2-10H,1H3,(H,26,27)(H,22,23,25). The second kappa shape index (κ2) is 8.31. The summed E-state index contributed by atoms with van der Waals surface area (Å²) in [5, 5.41) is 4.65. The van der Waals surface area contributed by atoms with E-state index in [0.29, 0.717) is 10.8 Å². The third-order valence-electron chi connectivity index (χ3n) is 3.77. The van der Waals surface area contributed by atoms with Crippen LogP contribution in [-0.2, 0) is 17.4 Å². The topological polar surface area (TPSA) is 82.5 Å². The Morgan fingerprint density at radius 3 is 2.55 bits per heavy atom. The van der Waals surface area contributed by atoms with Crippen molar-refractivity contribution in [2.45, 2.75) is 13.1 Å². The third kappa shape index (κ3) is 4.81. The number of nitrogens with zero attached hydrogens (tertiary/aromatic N) is 2. The van der Waals surface area contributed by atoms with Crippen LogP contribution in [0.1, 0.15) is 21.6 Å². The lowest BCUT2D eigenvalue weighted by atomic mass is 10.1. The number of halogens is 3. The summed E-state index contributed by atoms with van der Waals surface area (Å²) in [5.74, 6) is -0.614. The Morgan fingerprint density at radius 2 is 1.93 bits per heavy atom. The monoisotopic (exact) mass is 441 g/mol. The van der Waals surface area contributed by atoms with Crippen molar-refractivity contribution in [3.8, 4) is 0 Å². The number of carbonyl (C=O) groups is 1. The van der Waals surface area contributed by atoms with Gasteiger partial charge in [0, 0.05) is 5.38 Å². The molecule has 1 atom stereocenters. The van der Waals surface area contributed by atoms with Crippen LogP contribution in [0.3, 0.4) is 0 Å². The summed E-state index contributed by atoms with van der Waals surface area (Å²) in [4.78, 5) is 16.8. The molecule has 0 saturated heterocycles. The fraction of sp³-hybridized carbons (Fsp3) is 0.111. The van der Waals surface area contributed by atoms with Crippen molar-refractivity contribution < 1.29 is 26.7 Å². The highest BCUT2D eigenvalue weighted by Gasteiger charge is 2.32. The van der Waals surface area contributed by atoms with Gasteiger partial charge in [-0.15, -0.1) is 11.3 Å². The molecule has 0 aliphatic carbocycles. The maximum atomic E-state index is 13.1. The van der Waals surface area contributed by atoms with Gasteiger partial charge >= 0.3 is 6.18 Å². The third-order valence-corrected chi connectivity index (χ3v) is 5.37. The highest BCUT2D eigenvalue weighted by atomic mass is 32.2. The minimum atomic E-state index is -4.63. The maximum Gasteiger partial charge on any atom is 0.416 e. The van der Waals surface area contributed by atoms with Gasteiger partial charge in [0.15, 0.2) is 5.13 Å². The second-order valence-electron chi connectivity index (χ2n) is 5.84. The SMILES string of the molecule is Cc1csc(NC(=O)c2ccccc2N(c2cccc(C(F)(F)F)c2)S(=O)O)n1. The molecule has 1 heterocycles. The van der Waals surface area contributed by atoms with Crippen molar-refractivity contribution >= 4 is 45.0 Å². The Hall–Kier alpha value is -2.76. The molecule has 0 aliphatic heterocycles. The van der Waals surface area contributed by atoms with Crippen molar-refractivity contribution in [2.75, 3.05) is 9.62 Å². The minimum absolute atomic E-state index is 0.000153. The first-order valence-electron chi connectivity index (χ1n) is 8.07. The van der Waals surface area contributed by atoms with E-state index in [1.165, 1.54) is 41.7 Å². The van der Waals surface area contributed by atoms with Crippen LogP contribution in [0, 0.1) is 6.92 Å². The van der Waals surface area contributed by atoms with E-state index in [2.05, 4.69) is 10.3 Å². The van der Waals surface area contributed by atoms with Gasteiger partial charge in [0.1, 0.15) is 0 Å². The van der Waals surface area contributed by atoms with Gasteiger partial charge in [-0.3, -0.25) is 14.7 Å². The van der Waals surface area contributed by atoms with E-state index in [1.807, 2.05) is 0 Å². The number of rotatable bonds is 5. The molecule has 0 bridgehead atoms. The molecule has 2 aromatic carbocycles. The number of thiazole rings is 1. The highest BCUT2D eigenvalue weighted by Crippen LogP contribution is 2.35. The summed E-state index contributed by atoms with van der Waals surface area (Å²) < 4.78 is 61.7. The largest absolute Gasteiger partial charge is 0.416 e. The summed E-state index contributed by atoms with van der Waals surface area (Å²) in [6.07, 6.45) is -4.63. The van der Waals surface area contributed by atoms with E-state index >= 15 is 0 Å². The second-order valence-corrected chi connectivity index (χ2v) is 7.52. The van der Waals surface area contributed by atoms with Crippen molar-refractivity contribution in [3.63, 3.8) is 0 Å². The van der Waals surface area contributed by atoms with Gasteiger partial charge in [0.2, 0.25) is 0 Å². The van der Waals surface area contributed by atoms with E-state index < -0.39 is 28.9 Å². The van der Waals surface area contributed by atoms with Crippen molar-refractivity contribution in [2.24, 2.45) is 0 Å². The number of aryl methyl sites for hydroxylation is 1. The molecular weight excluding hydrogens is 427 g/mol. The molecule has 1 unspecified atom stereocenters. The lowest BCUT2D eigenvalue weighted by Gasteiger charge is -2.23. The molecule has 0 radical (unpaired) electrons. The summed E-state index contributed by atoms with van der Waals surface area (Å²) in [7, 11) is 0. The van der Waals surface area contributed by atoms with E-state index in [9.17, 15) is 26.7 Å². The van der Waals surface area contributed by atoms with Gasteiger partial charge in [0.05, 0.1) is 28.2 Å². The van der Waals surface area contributed by atoms with Gasteiger partial charge in [-0.05, 0) is 37.3 Å². The molecule has 0 saturated carbocycles. The number of benzene rings is 2. The normalized spacial score (nSPS) is 12.4. The number of carbonyl (C=O) groups excluding carboxylic acids is 1. The van der Waals surface area contributed by atoms with Crippen LogP contribution in [-0.4, -0.2) is 19.7 Å². The summed E-state index contributed by atoms with van der Waals surface area (Å²) in [5.41, 5.74) is -0.490. The van der Waals surface area contributed by atoms with Crippen molar-refractivity contribution in [1.29, 1.82) is 0 Å². The van der Waals surface area contributed by atoms with Gasteiger partial charge in [-0.25, -0.2) is 13.5 Å². The molecule has 1 aromatic heterocycles. The van der Waals surface area contributed by atoms with Crippen LogP contribution in [0.5, 0.6) is 0 Å². The number of alkyl halides is 3. The molecule has 29 heavy (non-hydrogen) atoms. The smallest absolute Gasteiger partial charge is 0.298 e. The molecule has 0 fully saturated rings. The van der Waals surface area contributed by atoms with E-state index in [4.69, 9.17) is 0 Å². The first-order valence-corrected chi connectivity index (χ1v) is 10.0. The predicted octanol–water partition coefficient (Wildman–Crippen LogP) is 5.00. The Balaban J connectivity index is 2.03. The summed E-state index contributed by atoms with van der Waals surface area (Å²) >= 11 is -1.53. The molecule has 0 spiro atoms. The van der Waals surface area contributed by atoms with Crippen LogP contribution in [0.15, 0.2) is 53.9 Å². The molecule has 11 heteroatoms. The van der Waals surface area contributed by atoms with Crippen molar-refractivity contribution in [1.82, 2.24) is 4.98 Å². The lowest BCUT2D eigenvalue weighted by molar-refractivity contribution is -0.137. The van der Waals surface area contributed by atoms with E-state index in [0.717, 1.165) is 22.5 Å². The van der Waals surface area contributed by atoms with Gasteiger partial charge < -0.3 is 0 Å². The van der Waals surface area contributed by atoms with E-state index in [1.54, 1.807) is 12.3 Å². The minimum Gasteiger partial charge on any atom is -0.298 e. The first kappa shape index (κ1) is 21.0. The van der Waals surface area contributed by atoms with Gasteiger partial charge in [-0.2, -0.15) is 13.2 Å². The molecule has 6 nitrogen and oxygen atoms in total. The Kier molecular flexibility index (Phi) is 6.01. The Morgan fingerprint density at radius 1 is 1.21 bits per heavy atom. The lowest BCUT2D eigenvalue weighted by Crippen LogP contribution is -2.24. The Labute approximate surface area is 170 Å². The number of nitrogens with one attached hydrogen (secondary N) is 1. The fourth-order valence-electron chi connectivity index (χ4n) is 2.54. The van der Waals surface area contributed by atoms with Crippen LogP contribution in [0.25, 0.3) is 0 Å². The molecular formula is C18H14F3N3O3S2. The molecule has 3 rings (SSSR count). The van der Waals surface area contributed by atoms with Gasteiger partial charge in [0.25, 0.3) is 17.2 Å².